The Kier molecular flexibility index (Phi) is 4.18. The van der Waals surface area contributed by atoms with Crippen molar-refractivity contribution in [2.75, 3.05) is 0 Å². The first-order valence-electron chi connectivity index (χ1n) is 5.94. The fraction of sp³-hybridized carbons (Fsp3) is 0.0714. The second-order valence-electron chi connectivity index (χ2n) is 4.32. The highest BCUT2D eigenvalue weighted by molar-refractivity contribution is 9.12. The third-order valence-corrected chi connectivity index (χ3v) is 5.57. The number of nitrogens with two attached hydrogens (primary N) is 1. The van der Waals surface area contributed by atoms with Crippen molar-refractivity contribution in [2.45, 2.75) is 6.04 Å². The summed E-state index contributed by atoms with van der Waals surface area (Å²) in [6, 6.07) is 10.2. The molecule has 1 unspecified atom stereocenters. The Morgan fingerprint density at radius 1 is 1.20 bits per heavy atom. The average molecular weight is 413 g/mol. The smallest absolute Gasteiger partial charge is 0.0762 e. The van der Waals surface area contributed by atoms with Crippen LogP contribution >= 0.6 is 43.2 Å². The number of hydrogen-bond donors (Lipinski definition) is 2. The van der Waals surface area contributed by atoms with Crippen molar-refractivity contribution in [1.29, 1.82) is 0 Å². The molecule has 20 heavy (non-hydrogen) atoms. The highest BCUT2D eigenvalue weighted by Crippen LogP contribution is 2.39. The van der Waals surface area contributed by atoms with Crippen molar-refractivity contribution in [3.63, 3.8) is 0 Å². The first kappa shape index (κ1) is 14.2. The number of hydrogen-bond acceptors (Lipinski definition) is 4. The molecular weight excluding hydrogens is 402 g/mol. The molecule has 0 amide bonds. The Morgan fingerprint density at radius 2 is 2.05 bits per heavy atom. The lowest BCUT2D eigenvalue weighted by molar-refractivity contribution is 0.641. The van der Waals surface area contributed by atoms with Crippen LogP contribution in [-0.2, 0) is 0 Å². The normalized spacial score (nSPS) is 12.8. The lowest BCUT2D eigenvalue weighted by atomic mass is 9.97. The number of fused-ring (bicyclic) bond motifs is 1. The zero-order valence-electron chi connectivity index (χ0n) is 10.3. The number of benzene rings is 1. The molecule has 0 fully saturated rings. The molecule has 2 heterocycles. The van der Waals surface area contributed by atoms with E-state index in [0.717, 1.165) is 29.5 Å². The summed E-state index contributed by atoms with van der Waals surface area (Å²) in [7, 11) is 0. The van der Waals surface area contributed by atoms with Crippen molar-refractivity contribution in [3.05, 3.63) is 61.4 Å². The number of rotatable bonds is 3. The van der Waals surface area contributed by atoms with Gasteiger partial charge in [-0.2, -0.15) is 0 Å². The van der Waals surface area contributed by atoms with Crippen LogP contribution < -0.4 is 11.3 Å². The summed E-state index contributed by atoms with van der Waals surface area (Å²) in [5.74, 6) is 5.81. The predicted octanol–water partition coefficient (Wildman–Crippen LogP) is 4.37. The molecule has 0 radical (unpaired) electrons. The summed E-state index contributed by atoms with van der Waals surface area (Å²) >= 11 is 8.75. The van der Waals surface area contributed by atoms with Gasteiger partial charge in [0.2, 0.25) is 0 Å². The predicted molar refractivity (Wildman–Crippen MR) is 90.6 cm³/mol. The fourth-order valence-electron chi connectivity index (χ4n) is 2.30. The molecule has 3 nitrogen and oxygen atoms in total. The van der Waals surface area contributed by atoms with Gasteiger partial charge >= 0.3 is 0 Å². The van der Waals surface area contributed by atoms with E-state index in [1.165, 1.54) is 0 Å². The Balaban J connectivity index is 2.19. The second-order valence-corrected chi connectivity index (χ2v) is 8.07. The van der Waals surface area contributed by atoms with Gasteiger partial charge in [-0.1, -0.05) is 18.2 Å². The van der Waals surface area contributed by atoms with Crippen LogP contribution in [0.3, 0.4) is 0 Å². The largest absolute Gasteiger partial charge is 0.271 e. The maximum Gasteiger partial charge on any atom is 0.0762 e. The quantitative estimate of drug-likeness (QED) is 0.495. The van der Waals surface area contributed by atoms with Crippen molar-refractivity contribution < 1.29 is 0 Å². The molecule has 1 atom stereocenters. The van der Waals surface area contributed by atoms with Gasteiger partial charge in [-0.05, 0) is 54.9 Å². The van der Waals surface area contributed by atoms with Crippen LogP contribution in [-0.4, -0.2) is 4.98 Å². The van der Waals surface area contributed by atoms with Gasteiger partial charge in [0.25, 0.3) is 0 Å². The number of pyridine rings is 1. The maximum atomic E-state index is 5.81. The van der Waals surface area contributed by atoms with E-state index in [9.17, 15) is 0 Å². The minimum absolute atomic E-state index is 0.0713. The van der Waals surface area contributed by atoms with E-state index < -0.39 is 0 Å². The minimum Gasteiger partial charge on any atom is -0.271 e. The third kappa shape index (κ3) is 2.54. The lowest BCUT2D eigenvalue weighted by Gasteiger charge is -2.18. The molecule has 3 rings (SSSR count). The molecule has 0 aliphatic carbocycles. The third-order valence-electron chi connectivity index (χ3n) is 3.19. The van der Waals surface area contributed by atoms with Crippen LogP contribution in [0.4, 0.5) is 0 Å². The van der Waals surface area contributed by atoms with E-state index in [0.29, 0.717) is 0 Å². The van der Waals surface area contributed by atoms with Gasteiger partial charge in [-0.25, -0.2) is 5.43 Å². The van der Waals surface area contributed by atoms with E-state index in [1.807, 2.05) is 18.3 Å². The van der Waals surface area contributed by atoms with E-state index in [4.69, 9.17) is 5.84 Å². The van der Waals surface area contributed by atoms with Crippen molar-refractivity contribution in [2.24, 2.45) is 5.84 Å². The molecule has 0 bridgehead atoms. The van der Waals surface area contributed by atoms with Gasteiger partial charge in [-0.15, -0.1) is 11.3 Å². The summed E-state index contributed by atoms with van der Waals surface area (Å²) in [5.41, 5.74) is 5.17. The van der Waals surface area contributed by atoms with Gasteiger partial charge in [0.05, 0.1) is 13.6 Å². The Bertz CT molecular complexity index is 752. The molecule has 0 aliphatic rings. The average Bonchev–Trinajstić information content (AvgIpc) is 2.79. The van der Waals surface area contributed by atoms with Gasteiger partial charge in [0, 0.05) is 23.3 Å². The zero-order chi connectivity index (χ0) is 14.1. The fourth-order valence-corrected chi connectivity index (χ4v) is 5.20. The van der Waals surface area contributed by atoms with Crippen molar-refractivity contribution in [1.82, 2.24) is 10.4 Å². The van der Waals surface area contributed by atoms with Crippen molar-refractivity contribution in [3.8, 4) is 0 Å². The maximum absolute atomic E-state index is 5.81. The van der Waals surface area contributed by atoms with E-state index in [-0.39, 0.29) is 6.04 Å². The zero-order valence-corrected chi connectivity index (χ0v) is 14.3. The molecule has 3 N–H and O–H groups in total. The number of thiophene rings is 1. The lowest BCUT2D eigenvalue weighted by Crippen LogP contribution is -2.28. The molecule has 2 aromatic heterocycles. The summed E-state index contributed by atoms with van der Waals surface area (Å²) in [4.78, 5) is 4.17. The number of halogens is 2. The number of nitrogens with one attached hydrogen (secondary N) is 1. The van der Waals surface area contributed by atoms with E-state index in [2.05, 4.69) is 60.5 Å². The van der Waals surface area contributed by atoms with Gasteiger partial charge in [0.1, 0.15) is 0 Å². The van der Waals surface area contributed by atoms with E-state index in [1.54, 1.807) is 17.5 Å². The van der Waals surface area contributed by atoms with Gasteiger partial charge in [-0.3, -0.25) is 10.8 Å². The number of aromatic nitrogens is 1. The van der Waals surface area contributed by atoms with Crippen LogP contribution in [0, 0.1) is 0 Å². The molecular formula is C14H11Br2N3S. The first-order chi connectivity index (χ1) is 9.70. The Hall–Kier alpha value is -0.790. The van der Waals surface area contributed by atoms with Crippen LogP contribution in [0.25, 0.3) is 10.8 Å². The number of hydrazine groups is 1. The molecule has 0 saturated heterocycles. The molecule has 0 spiro atoms. The minimum atomic E-state index is -0.0713. The molecule has 0 aliphatic heterocycles. The highest BCUT2D eigenvalue weighted by Gasteiger charge is 2.19. The van der Waals surface area contributed by atoms with Crippen LogP contribution in [0.5, 0.6) is 0 Å². The first-order valence-corrected chi connectivity index (χ1v) is 8.34. The Labute approximate surface area is 137 Å². The monoisotopic (exact) mass is 411 g/mol. The van der Waals surface area contributed by atoms with Crippen molar-refractivity contribution >= 4 is 54.0 Å². The van der Waals surface area contributed by atoms with Crippen LogP contribution in [0.15, 0.2) is 50.3 Å². The van der Waals surface area contributed by atoms with Gasteiger partial charge in [0.15, 0.2) is 0 Å². The summed E-state index contributed by atoms with van der Waals surface area (Å²) in [5, 5.41) is 2.26. The Morgan fingerprint density at radius 3 is 2.75 bits per heavy atom. The molecule has 3 aromatic rings. The van der Waals surface area contributed by atoms with Crippen LogP contribution in [0.1, 0.15) is 17.2 Å². The summed E-state index contributed by atoms with van der Waals surface area (Å²) in [6.07, 6.45) is 3.67. The molecule has 6 heteroatoms. The second kappa shape index (κ2) is 5.91. The van der Waals surface area contributed by atoms with Crippen LogP contribution in [0.2, 0.25) is 0 Å². The standard InChI is InChI=1S/C14H11Br2N3S/c15-12-6-11(14(16)20-12)13(19-17)10-3-1-2-8-7-18-5-4-9(8)10/h1-7,13,19H,17H2. The SMILES string of the molecule is NNC(c1cc(Br)sc1Br)c1cccc2cnccc12. The highest BCUT2D eigenvalue weighted by atomic mass is 79.9. The van der Waals surface area contributed by atoms with E-state index >= 15 is 0 Å². The molecule has 1 aromatic carbocycles. The molecule has 0 saturated carbocycles. The molecule has 102 valence electrons. The topological polar surface area (TPSA) is 50.9 Å². The summed E-state index contributed by atoms with van der Waals surface area (Å²) in [6.45, 7) is 0. The van der Waals surface area contributed by atoms with Gasteiger partial charge < -0.3 is 0 Å². The summed E-state index contributed by atoms with van der Waals surface area (Å²) < 4.78 is 2.14. The number of nitrogens with zero attached hydrogens (tertiary/aromatic N) is 1.